The molecule has 0 unspecified atom stereocenters. The van der Waals surface area contributed by atoms with Gasteiger partial charge >= 0.3 is 0 Å². The predicted octanol–water partition coefficient (Wildman–Crippen LogP) is 3.01. The molecule has 0 radical (unpaired) electrons. The molecule has 3 rings (SSSR count). The monoisotopic (exact) mass is 312 g/mol. The van der Waals surface area contributed by atoms with E-state index >= 15 is 0 Å². The summed E-state index contributed by atoms with van der Waals surface area (Å²) in [5.41, 5.74) is -3.20. The highest BCUT2D eigenvalue weighted by Crippen LogP contribution is 2.66. The van der Waals surface area contributed by atoms with Crippen molar-refractivity contribution >= 4 is 5.90 Å². The summed E-state index contributed by atoms with van der Waals surface area (Å²) in [6.07, 6.45) is 4.56. The van der Waals surface area contributed by atoms with E-state index < -0.39 is 28.6 Å². The quantitative estimate of drug-likeness (QED) is 0.860. The molecule has 2 bridgehead atoms. The Hall–Kier alpha value is -2.10. The maximum absolute atomic E-state index is 9.99. The second kappa shape index (κ2) is 5.22. The molecule has 3 fully saturated rings. The van der Waals surface area contributed by atoms with E-state index in [0.29, 0.717) is 19.3 Å². The average molecular weight is 312 g/mol. The highest BCUT2D eigenvalue weighted by atomic mass is 16.7. The number of hydrogen-bond donors (Lipinski definition) is 1. The van der Waals surface area contributed by atoms with Crippen molar-refractivity contribution in [1.29, 1.82) is 21.2 Å². The lowest BCUT2D eigenvalue weighted by Crippen LogP contribution is -2.63. The first kappa shape index (κ1) is 15.8. The Balaban J connectivity index is 2.20. The summed E-state index contributed by atoms with van der Waals surface area (Å²) in [5, 5.41) is 38.1. The highest BCUT2D eigenvalue weighted by Gasteiger charge is 2.79. The first-order chi connectivity index (χ1) is 11.1. The molecule has 4 atom stereocenters. The number of rotatable bonds is 3. The minimum Gasteiger partial charge on any atom is -0.447 e. The normalized spacial score (nSPS) is 40.2. The third-order valence-corrected chi connectivity index (χ3v) is 5.75. The van der Waals surface area contributed by atoms with Gasteiger partial charge < -0.3 is 9.47 Å². The van der Waals surface area contributed by atoms with Crippen LogP contribution in [0.5, 0.6) is 0 Å². The van der Waals surface area contributed by atoms with Crippen molar-refractivity contribution in [3.8, 4) is 18.2 Å². The van der Waals surface area contributed by atoms with E-state index in [4.69, 9.17) is 14.9 Å². The summed E-state index contributed by atoms with van der Waals surface area (Å²) in [6, 6.07) is 6.33. The van der Waals surface area contributed by atoms with Gasteiger partial charge in [0.25, 0.3) is 0 Å². The summed E-state index contributed by atoms with van der Waals surface area (Å²) >= 11 is 0. The Morgan fingerprint density at radius 2 is 1.96 bits per heavy atom. The van der Waals surface area contributed by atoms with Gasteiger partial charge in [-0.1, -0.05) is 26.2 Å². The zero-order valence-electron chi connectivity index (χ0n) is 13.3. The summed E-state index contributed by atoms with van der Waals surface area (Å²) in [4.78, 5) is 0. The second-order valence-electron chi connectivity index (χ2n) is 6.74. The van der Waals surface area contributed by atoms with Crippen LogP contribution in [0.15, 0.2) is 0 Å². The molecular weight excluding hydrogens is 292 g/mol. The molecule has 1 N–H and O–H groups in total. The molecule has 6 heteroatoms. The van der Waals surface area contributed by atoms with E-state index in [1.54, 1.807) is 0 Å². The van der Waals surface area contributed by atoms with Crippen molar-refractivity contribution in [1.82, 2.24) is 0 Å². The van der Waals surface area contributed by atoms with Gasteiger partial charge in [-0.2, -0.15) is 15.8 Å². The Morgan fingerprint density at radius 1 is 1.22 bits per heavy atom. The molecule has 0 aromatic rings. The number of ether oxygens (including phenoxy) is 2. The number of nitriles is 3. The van der Waals surface area contributed by atoms with Crippen LogP contribution in [0.25, 0.3) is 0 Å². The third kappa shape index (κ3) is 1.66. The van der Waals surface area contributed by atoms with Crippen LogP contribution in [0.1, 0.15) is 51.9 Å². The van der Waals surface area contributed by atoms with Crippen LogP contribution >= 0.6 is 0 Å². The predicted molar refractivity (Wildman–Crippen MR) is 79.6 cm³/mol. The Labute approximate surface area is 136 Å². The molecule has 0 spiro atoms. The summed E-state index contributed by atoms with van der Waals surface area (Å²) in [5.74, 6) is -1.67. The Bertz CT molecular complexity index is 641. The second-order valence-corrected chi connectivity index (χ2v) is 6.74. The molecule has 3 aliphatic rings. The molecule has 2 saturated heterocycles. The minimum absolute atomic E-state index is 0.256. The van der Waals surface area contributed by atoms with Crippen LogP contribution < -0.4 is 0 Å². The number of hydrogen-bond acceptors (Lipinski definition) is 6. The summed E-state index contributed by atoms with van der Waals surface area (Å²) in [6.45, 7) is 2.03. The fourth-order valence-corrected chi connectivity index (χ4v) is 4.62. The van der Waals surface area contributed by atoms with Gasteiger partial charge in [0.15, 0.2) is 10.8 Å². The summed E-state index contributed by atoms with van der Waals surface area (Å²) in [7, 11) is 0. The van der Waals surface area contributed by atoms with Gasteiger partial charge in [0.05, 0.1) is 30.2 Å². The number of nitrogens with one attached hydrogen (secondary N) is 1. The lowest BCUT2D eigenvalue weighted by molar-refractivity contribution is -0.292. The average Bonchev–Trinajstić information content (AvgIpc) is 2.78. The van der Waals surface area contributed by atoms with Crippen LogP contribution in [0.3, 0.4) is 0 Å². The SMILES string of the molecule is CCCC[C@H]1O[C@@]23CCCC[C@@H]2[C@@](C#N)(C(=N)O3)C1(C#N)C#N. The zero-order chi connectivity index (χ0) is 16.7. The lowest BCUT2D eigenvalue weighted by atomic mass is 9.51. The fourth-order valence-electron chi connectivity index (χ4n) is 4.62. The van der Waals surface area contributed by atoms with Crippen LogP contribution in [0.2, 0.25) is 0 Å². The van der Waals surface area contributed by atoms with E-state index in [1.165, 1.54) is 0 Å². The van der Waals surface area contributed by atoms with E-state index in [9.17, 15) is 15.8 Å². The maximum atomic E-state index is 9.99. The largest absolute Gasteiger partial charge is 0.447 e. The minimum atomic E-state index is -1.68. The highest BCUT2D eigenvalue weighted by molar-refractivity contribution is 5.89. The molecule has 2 heterocycles. The molecule has 1 saturated carbocycles. The summed E-state index contributed by atoms with van der Waals surface area (Å²) < 4.78 is 12.0. The first-order valence-electron chi connectivity index (χ1n) is 8.26. The third-order valence-electron chi connectivity index (χ3n) is 5.75. The van der Waals surface area contributed by atoms with Crippen molar-refractivity contribution in [3.63, 3.8) is 0 Å². The first-order valence-corrected chi connectivity index (χ1v) is 8.26. The topological polar surface area (TPSA) is 114 Å². The Kier molecular flexibility index (Phi) is 3.58. The van der Waals surface area contributed by atoms with Crippen molar-refractivity contribution < 1.29 is 9.47 Å². The molecule has 0 aromatic heterocycles. The van der Waals surface area contributed by atoms with Gasteiger partial charge in [-0.3, -0.25) is 5.41 Å². The molecule has 120 valence electrons. The van der Waals surface area contributed by atoms with E-state index in [0.717, 1.165) is 25.7 Å². The van der Waals surface area contributed by atoms with Crippen LogP contribution in [-0.4, -0.2) is 17.8 Å². The van der Waals surface area contributed by atoms with Gasteiger partial charge in [-0.15, -0.1) is 0 Å². The van der Waals surface area contributed by atoms with E-state index in [-0.39, 0.29) is 5.90 Å². The molecule has 2 aliphatic heterocycles. The molecule has 0 amide bonds. The molecule has 6 nitrogen and oxygen atoms in total. The van der Waals surface area contributed by atoms with E-state index in [2.05, 4.69) is 18.2 Å². The van der Waals surface area contributed by atoms with Crippen LogP contribution in [-0.2, 0) is 9.47 Å². The van der Waals surface area contributed by atoms with E-state index in [1.807, 2.05) is 6.92 Å². The standard InChI is InChI=1S/C17H20N4O2/c1-2-3-7-13-15(9-18,10-19)16(11-20)12-6-4-5-8-17(12,22-13)23-14(16)21/h12-13,21H,2-8H2,1H3/t12-,13-,16+,17-/m1/s1. The van der Waals surface area contributed by atoms with Gasteiger partial charge in [0.2, 0.25) is 11.7 Å². The van der Waals surface area contributed by atoms with Crippen molar-refractivity contribution in [2.75, 3.05) is 0 Å². The number of nitrogens with zero attached hydrogens (tertiary/aromatic N) is 3. The van der Waals surface area contributed by atoms with Gasteiger partial charge in [-0.25, -0.2) is 0 Å². The van der Waals surface area contributed by atoms with Crippen molar-refractivity contribution in [3.05, 3.63) is 0 Å². The van der Waals surface area contributed by atoms with Gasteiger partial charge in [-0.05, 0) is 19.3 Å². The van der Waals surface area contributed by atoms with Crippen molar-refractivity contribution in [2.24, 2.45) is 16.7 Å². The van der Waals surface area contributed by atoms with Gasteiger partial charge in [0, 0.05) is 6.42 Å². The number of unbranched alkanes of at least 4 members (excludes halogenated alkanes) is 1. The molecule has 23 heavy (non-hydrogen) atoms. The molecule has 0 aromatic carbocycles. The molecular formula is C17H20N4O2. The van der Waals surface area contributed by atoms with Crippen LogP contribution in [0, 0.1) is 56.2 Å². The lowest BCUT2D eigenvalue weighted by Gasteiger charge is -2.51. The maximum Gasteiger partial charge on any atom is 0.217 e. The molecule has 1 aliphatic carbocycles. The van der Waals surface area contributed by atoms with Crippen molar-refractivity contribution in [2.45, 2.75) is 63.8 Å². The van der Waals surface area contributed by atoms with Crippen LogP contribution in [0.4, 0.5) is 0 Å². The zero-order valence-corrected chi connectivity index (χ0v) is 13.3. The smallest absolute Gasteiger partial charge is 0.217 e. The Morgan fingerprint density at radius 3 is 2.57 bits per heavy atom. The fraction of sp³-hybridized carbons (Fsp3) is 0.765. The van der Waals surface area contributed by atoms with Gasteiger partial charge in [0.1, 0.15) is 0 Å².